The molecular formula is C15H15NO2S. The molecule has 0 spiro atoms. The second-order valence-corrected chi connectivity index (χ2v) is 5.79. The fraction of sp³-hybridized carbons (Fsp3) is 0.333. The summed E-state index contributed by atoms with van der Waals surface area (Å²) in [6.07, 6.45) is 3.28. The third-order valence-corrected chi connectivity index (χ3v) is 4.29. The minimum absolute atomic E-state index is 0.143. The van der Waals surface area contributed by atoms with E-state index < -0.39 is 5.97 Å². The van der Waals surface area contributed by atoms with Crippen molar-refractivity contribution in [1.82, 2.24) is 4.98 Å². The molecule has 0 unspecified atom stereocenters. The SMILES string of the molecule is O=C(O)CCc1csc(-c2ccc(C3CC3)cc2)n1. The van der Waals surface area contributed by atoms with E-state index in [9.17, 15) is 4.79 Å². The lowest BCUT2D eigenvalue weighted by molar-refractivity contribution is -0.136. The number of carboxylic acids is 1. The fourth-order valence-corrected chi connectivity index (χ4v) is 2.96. The first kappa shape index (κ1) is 12.4. The Morgan fingerprint density at radius 3 is 2.68 bits per heavy atom. The van der Waals surface area contributed by atoms with Crippen molar-refractivity contribution < 1.29 is 9.90 Å². The maximum atomic E-state index is 10.5. The van der Waals surface area contributed by atoms with Gasteiger partial charge in [-0.25, -0.2) is 4.98 Å². The second kappa shape index (κ2) is 5.13. The zero-order valence-electron chi connectivity index (χ0n) is 10.5. The standard InChI is InChI=1S/C15H15NO2S/c17-14(18)8-7-13-9-19-15(16-13)12-5-3-11(4-6-12)10-1-2-10/h3-6,9-10H,1-2,7-8H2,(H,17,18). The highest BCUT2D eigenvalue weighted by Crippen LogP contribution is 2.40. The predicted octanol–water partition coefficient (Wildman–Crippen LogP) is 3.70. The zero-order valence-corrected chi connectivity index (χ0v) is 11.3. The highest BCUT2D eigenvalue weighted by molar-refractivity contribution is 7.13. The summed E-state index contributed by atoms with van der Waals surface area (Å²) in [5.41, 5.74) is 3.41. The average Bonchev–Trinajstić information content (AvgIpc) is 3.15. The molecule has 0 aliphatic heterocycles. The van der Waals surface area contributed by atoms with Crippen LogP contribution in [-0.4, -0.2) is 16.1 Å². The smallest absolute Gasteiger partial charge is 0.303 e. The Morgan fingerprint density at radius 2 is 2.05 bits per heavy atom. The van der Waals surface area contributed by atoms with E-state index in [2.05, 4.69) is 29.2 Å². The van der Waals surface area contributed by atoms with Crippen LogP contribution in [0.15, 0.2) is 29.6 Å². The molecule has 98 valence electrons. The molecule has 1 N–H and O–H groups in total. The molecule has 0 bridgehead atoms. The number of carboxylic acid groups (broad SMARTS) is 1. The second-order valence-electron chi connectivity index (χ2n) is 4.93. The molecule has 3 nitrogen and oxygen atoms in total. The number of thiazole rings is 1. The summed E-state index contributed by atoms with van der Waals surface area (Å²) in [4.78, 5) is 15.0. The van der Waals surface area contributed by atoms with E-state index in [4.69, 9.17) is 5.11 Å². The highest BCUT2D eigenvalue weighted by atomic mass is 32.1. The van der Waals surface area contributed by atoms with E-state index in [0.717, 1.165) is 22.2 Å². The molecule has 0 saturated heterocycles. The van der Waals surface area contributed by atoms with E-state index in [1.54, 1.807) is 11.3 Å². The number of aryl methyl sites for hydroxylation is 1. The van der Waals surface area contributed by atoms with E-state index in [0.29, 0.717) is 6.42 Å². The van der Waals surface area contributed by atoms with Crippen LogP contribution in [0.4, 0.5) is 0 Å². The summed E-state index contributed by atoms with van der Waals surface area (Å²) in [6, 6.07) is 8.61. The molecule has 0 atom stereocenters. The van der Waals surface area contributed by atoms with Crippen molar-refractivity contribution in [1.29, 1.82) is 0 Å². The Labute approximate surface area is 115 Å². The van der Waals surface area contributed by atoms with Gasteiger partial charge >= 0.3 is 5.97 Å². The summed E-state index contributed by atoms with van der Waals surface area (Å²) >= 11 is 1.58. The Balaban J connectivity index is 1.72. The Hall–Kier alpha value is -1.68. The van der Waals surface area contributed by atoms with Crippen LogP contribution in [0.5, 0.6) is 0 Å². The zero-order chi connectivity index (χ0) is 13.2. The van der Waals surface area contributed by atoms with E-state index >= 15 is 0 Å². The van der Waals surface area contributed by atoms with Crippen LogP contribution in [0, 0.1) is 0 Å². The molecule has 0 radical (unpaired) electrons. The average molecular weight is 273 g/mol. The third-order valence-electron chi connectivity index (χ3n) is 3.35. The molecule has 19 heavy (non-hydrogen) atoms. The summed E-state index contributed by atoms with van der Waals surface area (Å²) in [5, 5.41) is 11.6. The van der Waals surface area contributed by atoms with Gasteiger partial charge in [0.1, 0.15) is 5.01 Å². The van der Waals surface area contributed by atoms with E-state index in [1.165, 1.54) is 18.4 Å². The lowest BCUT2D eigenvalue weighted by Crippen LogP contribution is -1.97. The van der Waals surface area contributed by atoms with E-state index in [1.807, 2.05) is 5.38 Å². The molecular weight excluding hydrogens is 258 g/mol. The van der Waals surface area contributed by atoms with Gasteiger partial charge in [0, 0.05) is 17.4 Å². The molecule has 1 aromatic heterocycles. The van der Waals surface area contributed by atoms with Gasteiger partial charge in [0.15, 0.2) is 0 Å². The number of aromatic nitrogens is 1. The first-order valence-electron chi connectivity index (χ1n) is 6.49. The van der Waals surface area contributed by atoms with Gasteiger partial charge < -0.3 is 5.11 Å². The van der Waals surface area contributed by atoms with Gasteiger partial charge in [-0.2, -0.15) is 0 Å². The van der Waals surface area contributed by atoms with Crippen molar-refractivity contribution in [2.24, 2.45) is 0 Å². The van der Waals surface area contributed by atoms with Crippen LogP contribution < -0.4 is 0 Å². The summed E-state index contributed by atoms with van der Waals surface area (Å²) in [5.74, 6) is -0.000177. The molecule has 1 aliphatic carbocycles. The van der Waals surface area contributed by atoms with Crippen LogP contribution in [0.2, 0.25) is 0 Å². The van der Waals surface area contributed by atoms with Gasteiger partial charge in [0.2, 0.25) is 0 Å². The number of hydrogen-bond donors (Lipinski definition) is 1. The first-order valence-corrected chi connectivity index (χ1v) is 7.37. The van der Waals surface area contributed by atoms with Crippen molar-refractivity contribution in [2.75, 3.05) is 0 Å². The molecule has 4 heteroatoms. The van der Waals surface area contributed by atoms with Gasteiger partial charge in [0.05, 0.1) is 12.1 Å². The number of carbonyl (C=O) groups is 1. The van der Waals surface area contributed by atoms with Crippen molar-refractivity contribution in [3.8, 4) is 10.6 Å². The number of rotatable bonds is 5. The van der Waals surface area contributed by atoms with Crippen LogP contribution in [-0.2, 0) is 11.2 Å². The predicted molar refractivity (Wildman–Crippen MR) is 75.5 cm³/mol. The molecule has 1 aromatic carbocycles. The van der Waals surface area contributed by atoms with Crippen molar-refractivity contribution in [3.63, 3.8) is 0 Å². The van der Waals surface area contributed by atoms with Crippen molar-refractivity contribution in [3.05, 3.63) is 40.9 Å². The Bertz CT molecular complexity index is 584. The third kappa shape index (κ3) is 3.01. The van der Waals surface area contributed by atoms with Gasteiger partial charge in [-0.1, -0.05) is 24.3 Å². The minimum Gasteiger partial charge on any atom is -0.481 e. The largest absolute Gasteiger partial charge is 0.481 e. The summed E-state index contributed by atoms with van der Waals surface area (Å²) < 4.78 is 0. The molecule has 2 aromatic rings. The normalized spacial score (nSPS) is 14.5. The van der Waals surface area contributed by atoms with Gasteiger partial charge in [-0.05, 0) is 24.3 Å². The molecule has 3 rings (SSSR count). The Kier molecular flexibility index (Phi) is 3.34. The Morgan fingerprint density at radius 1 is 1.32 bits per heavy atom. The first-order chi connectivity index (χ1) is 9.22. The molecule has 1 aliphatic rings. The lowest BCUT2D eigenvalue weighted by atomic mass is 10.1. The van der Waals surface area contributed by atoms with Gasteiger partial charge in [-0.3, -0.25) is 4.79 Å². The topological polar surface area (TPSA) is 50.2 Å². The lowest BCUT2D eigenvalue weighted by Gasteiger charge is -2.00. The van der Waals surface area contributed by atoms with Gasteiger partial charge in [0.25, 0.3) is 0 Å². The van der Waals surface area contributed by atoms with Crippen molar-refractivity contribution in [2.45, 2.75) is 31.6 Å². The summed E-state index contributed by atoms with van der Waals surface area (Å²) in [6.45, 7) is 0. The number of hydrogen-bond acceptors (Lipinski definition) is 3. The number of nitrogens with zero attached hydrogens (tertiary/aromatic N) is 1. The van der Waals surface area contributed by atoms with Crippen LogP contribution in [0.25, 0.3) is 10.6 Å². The number of benzene rings is 1. The quantitative estimate of drug-likeness (QED) is 0.903. The van der Waals surface area contributed by atoms with E-state index in [-0.39, 0.29) is 6.42 Å². The molecule has 1 saturated carbocycles. The summed E-state index contributed by atoms with van der Waals surface area (Å²) in [7, 11) is 0. The monoisotopic (exact) mass is 273 g/mol. The van der Waals surface area contributed by atoms with Crippen LogP contribution in [0.3, 0.4) is 0 Å². The maximum Gasteiger partial charge on any atom is 0.303 e. The number of aliphatic carboxylic acids is 1. The fourth-order valence-electron chi connectivity index (χ4n) is 2.10. The molecule has 0 amide bonds. The molecule has 1 heterocycles. The van der Waals surface area contributed by atoms with Crippen LogP contribution in [0.1, 0.15) is 36.4 Å². The maximum absolute atomic E-state index is 10.5. The van der Waals surface area contributed by atoms with Crippen molar-refractivity contribution >= 4 is 17.3 Å². The minimum atomic E-state index is -0.775. The van der Waals surface area contributed by atoms with Gasteiger partial charge in [-0.15, -0.1) is 11.3 Å². The molecule has 1 fully saturated rings. The highest BCUT2D eigenvalue weighted by Gasteiger charge is 2.23. The van der Waals surface area contributed by atoms with Crippen LogP contribution >= 0.6 is 11.3 Å².